The molecule has 2 rings (SSSR count). The van der Waals surface area contributed by atoms with Gasteiger partial charge >= 0.3 is 0 Å². The second-order valence-electron chi connectivity index (χ2n) is 4.91. The third-order valence-corrected chi connectivity index (χ3v) is 3.98. The highest BCUT2D eigenvalue weighted by atomic mass is 16.5. The lowest BCUT2D eigenvalue weighted by Gasteiger charge is -2.45. The molecule has 18 heavy (non-hydrogen) atoms. The molecule has 0 amide bonds. The van der Waals surface area contributed by atoms with Crippen LogP contribution in [0, 0.1) is 0 Å². The number of ether oxygens (including phenoxy) is 1. The molecule has 0 aromatic carbocycles. The van der Waals surface area contributed by atoms with Crippen LogP contribution in [0.2, 0.25) is 0 Å². The maximum Gasteiger partial charge on any atom is 0.0484 e. The molecule has 0 atom stereocenters. The first kappa shape index (κ1) is 13.5. The van der Waals surface area contributed by atoms with Crippen molar-refractivity contribution >= 4 is 0 Å². The number of pyridine rings is 1. The molecule has 4 nitrogen and oxygen atoms in total. The van der Waals surface area contributed by atoms with E-state index in [1.54, 1.807) is 0 Å². The molecule has 4 heteroatoms. The largest absolute Gasteiger partial charge is 0.381 e. The first-order valence-electron chi connectivity index (χ1n) is 6.72. The minimum atomic E-state index is 0.107. The Morgan fingerprint density at radius 3 is 2.56 bits per heavy atom. The summed E-state index contributed by atoms with van der Waals surface area (Å²) in [5.41, 5.74) is 7.46. The summed E-state index contributed by atoms with van der Waals surface area (Å²) >= 11 is 0. The molecule has 1 aromatic rings. The minimum absolute atomic E-state index is 0.107. The molecular weight excluding hydrogens is 226 g/mol. The van der Waals surface area contributed by atoms with E-state index in [0.717, 1.165) is 39.1 Å². The highest BCUT2D eigenvalue weighted by molar-refractivity contribution is 5.10. The standard InChI is InChI=1S/C14H23N3O/c1-2-17(11-13-3-7-16-8-4-13)14(12-15)5-9-18-10-6-14/h3-4,7-8H,2,5-6,9-12,15H2,1H3. The van der Waals surface area contributed by atoms with E-state index in [1.807, 2.05) is 12.4 Å². The van der Waals surface area contributed by atoms with Crippen molar-refractivity contribution in [1.82, 2.24) is 9.88 Å². The Morgan fingerprint density at radius 2 is 2.00 bits per heavy atom. The Morgan fingerprint density at radius 1 is 1.33 bits per heavy atom. The van der Waals surface area contributed by atoms with Crippen molar-refractivity contribution in [3.8, 4) is 0 Å². The van der Waals surface area contributed by atoms with Gasteiger partial charge in [0.15, 0.2) is 0 Å². The smallest absolute Gasteiger partial charge is 0.0484 e. The summed E-state index contributed by atoms with van der Waals surface area (Å²) in [5.74, 6) is 0. The Balaban J connectivity index is 2.11. The average molecular weight is 249 g/mol. The molecule has 2 N–H and O–H groups in total. The van der Waals surface area contributed by atoms with Crippen LogP contribution in [0.25, 0.3) is 0 Å². The van der Waals surface area contributed by atoms with Crippen molar-refractivity contribution in [2.45, 2.75) is 31.8 Å². The van der Waals surface area contributed by atoms with Crippen LogP contribution < -0.4 is 5.73 Å². The van der Waals surface area contributed by atoms with Crippen LogP contribution in [0.3, 0.4) is 0 Å². The zero-order valence-electron chi connectivity index (χ0n) is 11.1. The average Bonchev–Trinajstić information content (AvgIpc) is 2.46. The van der Waals surface area contributed by atoms with E-state index in [-0.39, 0.29) is 5.54 Å². The van der Waals surface area contributed by atoms with Crippen LogP contribution in [0.15, 0.2) is 24.5 Å². The van der Waals surface area contributed by atoms with Crippen molar-refractivity contribution in [2.75, 3.05) is 26.3 Å². The van der Waals surface area contributed by atoms with Crippen LogP contribution in [0.1, 0.15) is 25.3 Å². The van der Waals surface area contributed by atoms with Gasteiger partial charge in [0.05, 0.1) is 0 Å². The van der Waals surface area contributed by atoms with Crippen LogP contribution in [-0.2, 0) is 11.3 Å². The SMILES string of the molecule is CCN(Cc1ccncc1)C1(CN)CCOCC1. The number of likely N-dealkylation sites (N-methyl/N-ethyl adjacent to an activating group) is 1. The van der Waals surface area contributed by atoms with Crippen LogP contribution in [0.5, 0.6) is 0 Å². The molecule has 1 aliphatic rings. The minimum Gasteiger partial charge on any atom is -0.381 e. The van der Waals surface area contributed by atoms with E-state index in [2.05, 4.69) is 28.9 Å². The van der Waals surface area contributed by atoms with Gasteiger partial charge in [-0.15, -0.1) is 0 Å². The number of nitrogens with two attached hydrogens (primary N) is 1. The van der Waals surface area contributed by atoms with Gasteiger partial charge in [0.2, 0.25) is 0 Å². The van der Waals surface area contributed by atoms with Crippen molar-refractivity contribution in [3.63, 3.8) is 0 Å². The molecule has 0 bridgehead atoms. The second-order valence-corrected chi connectivity index (χ2v) is 4.91. The third kappa shape index (κ3) is 2.88. The lowest BCUT2D eigenvalue weighted by molar-refractivity contribution is -0.0260. The number of rotatable bonds is 5. The molecular formula is C14H23N3O. The molecule has 1 fully saturated rings. The van der Waals surface area contributed by atoms with E-state index < -0.39 is 0 Å². The van der Waals surface area contributed by atoms with Gasteiger partial charge in [-0.3, -0.25) is 9.88 Å². The predicted octanol–water partition coefficient (Wildman–Crippen LogP) is 1.41. The summed E-state index contributed by atoms with van der Waals surface area (Å²) in [5, 5.41) is 0. The summed E-state index contributed by atoms with van der Waals surface area (Å²) in [6.45, 7) is 6.51. The predicted molar refractivity (Wildman–Crippen MR) is 72.2 cm³/mol. The van der Waals surface area contributed by atoms with Crippen molar-refractivity contribution in [3.05, 3.63) is 30.1 Å². The Bertz CT molecular complexity index is 349. The first-order valence-corrected chi connectivity index (χ1v) is 6.72. The summed E-state index contributed by atoms with van der Waals surface area (Å²) in [4.78, 5) is 6.56. The highest BCUT2D eigenvalue weighted by Crippen LogP contribution is 2.28. The maximum atomic E-state index is 6.06. The fourth-order valence-electron chi connectivity index (χ4n) is 2.72. The fourth-order valence-corrected chi connectivity index (χ4v) is 2.72. The Labute approximate surface area is 109 Å². The van der Waals surface area contributed by atoms with E-state index in [9.17, 15) is 0 Å². The van der Waals surface area contributed by atoms with Crippen LogP contribution in [0.4, 0.5) is 0 Å². The van der Waals surface area contributed by atoms with Gasteiger partial charge in [-0.2, -0.15) is 0 Å². The van der Waals surface area contributed by atoms with E-state index in [4.69, 9.17) is 10.5 Å². The molecule has 0 saturated carbocycles. The van der Waals surface area contributed by atoms with Crippen molar-refractivity contribution in [1.29, 1.82) is 0 Å². The van der Waals surface area contributed by atoms with Gasteiger partial charge in [0.25, 0.3) is 0 Å². The van der Waals surface area contributed by atoms with Crippen molar-refractivity contribution in [2.24, 2.45) is 5.73 Å². The lowest BCUT2D eigenvalue weighted by atomic mass is 9.87. The topological polar surface area (TPSA) is 51.4 Å². The zero-order chi connectivity index (χ0) is 12.8. The van der Waals surface area contributed by atoms with Gasteiger partial charge < -0.3 is 10.5 Å². The number of nitrogens with zero attached hydrogens (tertiary/aromatic N) is 2. The molecule has 0 spiro atoms. The van der Waals surface area contributed by atoms with E-state index >= 15 is 0 Å². The van der Waals surface area contributed by atoms with Gasteiger partial charge in [-0.25, -0.2) is 0 Å². The zero-order valence-corrected chi connectivity index (χ0v) is 11.1. The second kappa shape index (κ2) is 6.27. The van der Waals surface area contributed by atoms with Gasteiger partial charge in [-0.05, 0) is 37.1 Å². The van der Waals surface area contributed by atoms with E-state index in [0.29, 0.717) is 6.54 Å². The number of hydrogen-bond acceptors (Lipinski definition) is 4. The van der Waals surface area contributed by atoms with Crippen LogP contribution >= 0.6 is 0 Å². The number of aromatic nitrogens is 1. The Kier molecular flexibility index (Phi) is 4.69. The monoisotopic (exact) mass is 249 g/mol. The molecule has 0 unspecified atom stereocenters. The molecule has 1 aromatic heterocycles. The molecule has 0 aliphatic carbocycles. The quantitative estimate of drug-likeness (QED) is 0.857. The molecule has 0 radical (unpaired) electrons. The molecule has 100 valence electrons. The van der Waals surface area contributed by atoms with Gasteiger partial charge in [0, 0.05) is 44.2 Å². The summed E-state index contributed by atoms with van der Waals surface area (Å²) < 4.78 is 5.48. The summed E-state index contributed by atoms with van der Waals surface area (Å²) in [7, 11) is 0. The van der Waals surface area contributed by atoms with Gasteiger partial charge in [-0.1, -0.05) is 6.92 Å². The first-order chi connectivity index (χ1) is 8.80. The van der Waals surface area contributed by atoms with Crippen molar-refractivity contribution < 1.29 is 4.74 Å². The van der Waals surface area contributed by atoms with E-state index in [1.165, 1.54) is 5.56 Å². The molecule has 2 heterocycles. The number of hydrogen-bond donors (Lipinski definition) is 1. The molecule has 1 aliphatic heterocycles. The fraction of sp³-hybridized carbons (Fsp3) is 0.643. The summed E-state index contributed by atoms with van der Waals surface area (Å²) in [6.07, 6.45) is 5.76. The normalized spacial score (nSPS) is 19.1. The third-order valence-electron chi connectivity index (χ3n) is 3.98. The molecule has 1 saturated heterocycles. The van der Waals surface area contributed by atoms with Gasteiger partial charge in [0.1, 0.15) is 0 Å². The van der Waals surface area contributed by atoms with Crippen LogP contribution in [-0.4, -0.2) is 41.7 Å². The summed E-state index contributed by atoms with van der Waals surface area (Å²) in [6, 6.07) is 4.15. The highest BCUT2D eigenvalue weighted by Gasteiger charge is 2.36. The lowest BCUT2D eigenvalue weighted by Crippen LogP contribution is -2.56. The Hall–Kier alpha value is -0.970. The maximum absolute atomic E-state index is 6.06.